The van der Waals surface area contributed by atoms with E-state index >= 15 is 0 Å². The van der Waals surface area contributed by atoms with Crippen LogP contribution < -0.4 is 0 Å². The summed E-state index contributed by atoms with van der Waals surface area (Å²) in [5.41, 5.74) is -1.08. The summed E-state index contributed by atoms with van der Waals surface area (Å²) in [6.45, 7) is 8.08. The van der Waals surface area contributed by atoms with E-state index in [1.54, 1.807) is 6.92 Å². The summed E-state index contributed by atoms with van der Waals surface area (Å²) in [7, 11) is 0. The molecule has 3 unspecified atom stereocenters. The van der Waals surface area contributed by atoms with E-state index in [9.17, 15) is 5.11 Å². The molecule has 1 aliphatic carbocycles. The highest BCUT2D eigenvalue weighted by Gasteiger charge is 2.24. The number of rotatable bonds is 4. The van der Waals surface area contributed by atoms with E-state index in [-0.39, 0.29) is 19.3 Å². The molecule has 3 nitrogen and oxygen atoms in total. The van der Waals surface area contributed by atoms with E-state index in [1.165, 1.54) is 19.3 Å². The lowest BCUT2D eigenvalue weighted by Crippen LogP contribution is -2.37. The molecule has 2 N–H and O–H groups in total. The lowest BCUT2D eigenvalue weighted by atomic mass is 9.88. The van der Waals surface area contributed by atoms with E-state index in [4.69, 9.17) is 9.84 Å². The quantitative estimate of drug-likeness (QED) is 0.802. The minimum Gasteiger partial charge on any atom is -0.393 e. The predicted octanol–water partition coefficient (Wildman–Crippen LogP) is 2.74. The molecule has 17 heavy (non-hydrogen) atoms. The van der Waals surface area contributed by atoms with Crippen LogP contribution in [0, 0.1) is 5.92 Å². The van der Waals surface area contributed by atoms with Gasteiger partial charge in [0.2, 0.25) is 0 Å². The van der Waals surface area contributed by atoms with Crippen LogP contribution in [-0.2, 0) is 4.74 Å². The first-order chi connectivity index (χ1) is 7.95. The highest BCUT2D eigenvalue weighted by atomic mass is 16.5. The molecular formula is C14H30O3. The maximum atomic E-state index is 9.54. The zero-order valence-corrected chi connectivity index (χ0v) is 11.9. The molecule has 0 radical (unpaired) electrons. The summed E-state index contributed by atoms with van der Waals surface area (Å²) in [6.07, 6.45) is 6.20. The Hall–Kier alpha value is -0.120. The third kappa shape index (κ3) is 8.58. The highest BCUT2D eigenvalue weighted by molar-refractivity contribution is 4.74. The molecule has 104 valence electrons. The zero-order chi connectivity index (χ0) is 13.3. The maximum absolute atomic E-state index is 9.54. The molecule has 1 aliphatic rings. The van der Waals surface area contributed by atoms with Crippen LogP contribution in [0.4, 0.5) is 0 Å². The van der Waals surface area contributed by atoms with Gasteiger partial charge in [-0.15, -0.1) is 0 Å². The van der Waals surface area contributed by atoms with E-state index in [0.717, 1.165) is 18.8 Å². The smallest absolute Gasteiger partial charge is 0.108 e. The van der Waals surface area contributed by atoms with Crippen molar-refractivity contribution in [2.45, 2.75) is 71.5 Å². The molecule has 0 aromatic carbocycles. The minimum atomic E-state index is -1.08. The highest BCUT2D eigenvalue weighted by Crippen LogP contribution is 2.26. The van der Waals surface area contributed by atoms with Crippen LogP contribution in [0.2, 0.25) is 0 Å². The van der Waals surface area contributed by atoms with Crippen LogP contribution in [0.5, 0.6) is 0 Å². The maximum Gasteiger partial charge on any atom is 0.108 e. The van der Waals surface area contributed by atoms with Gasteiger partial charge >= 0.3 is 0 Å². The molecule has 0 aliphatic heterocycles. The van der Waals surface area contributed by atoms with Crippen LogP contribution in [0.15, 0.2) is 0 Å². The van der Waals surface area contributed by atoms with Gasteiger partial charge in [0.15, 0.2) is 0 Å². The van der Waals surface area contributed by atoms with Gasteiger partial charge in [0.05, 0.1) is 19.3 Å². The van der Waals surface area contributed by atoms with Gasteiger partial charge in [-0.25, -0.2) is 0 Å². The number of aliphatic hydroxyl groups is 2. The van der Waals surface area contributed by atoms with Crippen molar-refractivity contribution >= 4 is 0 Å². The Morgan fingerprint density at radius 2 is 1.88 bits per heavy atom. The second-order valence-electron chi connectivity index (χ2n) is 5.57. The van der Waals surface area contributed by atoms with Crippen molar-refractivity contribution in [2.75, 3.05) is 13.2 Å². The van der Waals surface area contributed by atoms with Gasteiger partial charge in [-0.2, -0.15) is 0 Å². The van der Waals surface area contributed by atoms with Gasteiger partial charge in [-0.3, -0.25) is 0 Å². The van der Waals surface area contributed by atoms with Gasteiger partial charge in [0.1, 0.15) is 5.60 Å². The normalized spacial score (nSPS) is 27.9. The third-order valence-corrected chi connectivity index (χ3v) is 2.86. The number of ether oxygens (including phenoxy) is 1. The Labute approximate surface area is 106 Å². The molecular weight excluding hydrogens is 216 g/mol. The lowest BCUT2D eigenvalue weighted by molar-refractivity contribution is -0.0964. The molecule has 0 heterocycles. The Balaban J connectivity index is 0.000000770. The first kappa shape index (κ1) is 16.9. The van der Waals surface area contributed by atoms with Crippen molar-refractivity contribution in [2.24, 2.45) is 5.92 Å². The van der Waals surface area contributed by atoms with Crippen LogP contribution >= 0.6 is 0 Å². The van der Waals surface area contributed by atoms with Crippen LogP contribution in [0.25, 0.3) is 0 Å². The number of hydrogen-bond acceptors (Lipinski definition) is 3. The topological polar surface area (TPSA) is 49.7 Å². The molecule has 1 rings (SSSR count). The molecule has 0 aromatic heterocycles. The molecule has 0 aromatic rings. The molecule has 3 heteroatoms. The molecule has 1 saturated carbocycles. The predicted molar refractivity (Wildman–Crippen MR) is 71.0 cm³/mol. The summed E-state index contributed by atoms with van der Waals surface area (Å²) in [4.78, 5) is 0. The first-order valence-corrected chi connectivity index (χ1v) is 6.90. The molecule has 0 spiro atoms. The molecule has 0 saturated heterocycles. The van der Waals surface area contributed by atoms with Gasteiger partial charge in [0.25, 0.3) is 0 Å². The standard InChI is InChI=1S/C11H22O3.C3H8/c1-9-4-3-5-10(6-9)14-8-11(2,13)7-12;1-3-2/h9-10,12-13H,3-8H2,1-2H3;3H2,1-2H3. The van der Waals surface area contributed by atoms with Crippen molar-refractivity contribution in [3.63, 3.8) is 0 Å². The third-order valence-electron chi connectivity index (χ3n) is 2.86. The zero-order valence-electron chi connectivity index (χ0n) is 11.9. The minimum absolute atomic E-state index is 0.237. The van der Waals surface area contributed by atoms with Crippen molar-refractivity contribution in [1.29, 1.82) is 0 Å². The van der Waals surface area contributed by atoms with Crippen LogP contribution in [-0.4, -0.2) is 35.1 Å². The fraction of sp³-hybridized carbons (Fsp3) is 1.00. The first-order valence-electron chi connectivity index (χ1n) is 6.90. The van der Waals surface area contributed by atoms with E-state index < -0.39 is 5.60 Å². The molecule has 0 bridgehead atoms. The van der Waals surface area contributed by atoms with Crippen molar-refractivity contribution in [3.05, 3.63) is 0 Å². The van der Waals surface area contributed by atoms with Gasteiger partial charge < -0.3 is 14.9 Å². The molecule has 0 amide bonds. The lowest BCUT2D eigenvalue weighted by Gasteiger charge is -2.29. The second kappa shape index (κ2) is 8.90. The Morgan fingerprint density at radius 1 is 1.29 bits per heavy atom. The van der Waals surface area contributed by atoms with Crippen molar-refractivity contribution in [1.82, 2.24) is 0 Å². The Morgan fingerprint density at radius 3 is 2.35 bits per heavy atom. The van der Waals surface area contributed by atoms with E-state index in [2.05, 4.69) is 20.8 Å². The largest absolute Gasteiger partial charge is 0.393 e. The Bertz CT molecular complexity index is 180. The fourth-order valence-corrected chi connectivity index (χ4v) is 1.87. The second-order valence-corrected chi connectivity index (χ2v) is 5.57. The summed E-state index contributed by atoms with van der Waals surface area (Å²) in [6, 6.07) is 0. The SMILES string of the molecule is CC1CCCC(OCC(C)(O)CO)C1.CCC. The van der Waals surface area contributed by atoms with Gasteiger partial charge in [0, 0.05) is 0 Å². The average molecular weight is 246 g/mol. The van der Waals surface area contributed by atoms with Crippen molar-refractivity contribution < 1.29 is 14.9 Å². The molecule has 3 atom stereocenters. The Kier molecular flexibility index (Phi) is 8.83. The summed E-state index contributed by atoms with van der Waals surface area (Å²) < 4.78 is 5.60. The number of hydrogen-bond donors (Lipinski definition) is 2. The molecule has 1 fully saturated rings. The summed E-state index contributed by atoms with van der Waals surface area (Å²) in [5.74, 6) is 0.729. The van der Waals surface area contributed by atoms with Gasteiger partial charge in [-0.05, 0) is 25.7 Å². The summed E-state index contributed by atoms with van der Waals surface area (Å²) in [5, 5.41) is 18.4. The summed E-state index contributed by atoms with van der Waals surface area (Å²) >= 11 is 0. The monoisotopic (exact) mass is 246 g/mol. The van der Waals surface area contributed by atoms with Gasteiger partial charge in [-0.1, -0.05) is 40.0 Å². The average Bonchev–Trinajstić information content (AvgIpc) is 2.28. The number of aliphatic hydroxyl groups excluding tert-OH is 1. The fourth-order valence-electron chi connectivity index (χ4n) is 1.87. The van der Waals surface area contributed by atoms with Crippen LogP contribution in [0.1, 0.15) is 59.8 Å². The van der Waals surface area contributed by atoms with E-state index in [0.29, 0.717) is 0 Å². The van der Waals surface area contributed by atoms with E-state index in [1.807, 2.05) is 0 Å². The van der Waals surface area contributed by atoms with Crippen molar-refractivity contribution in [3.8, 4) is 0 Å². The van der Waals surface area contributed by atoms with Crippen LogP contribution in [0.3, 0.4) is 0 Å².